The van der Waals surface area contributed by atoms with Crippen LogP contribution in [-0.2, 0) is 4.79 Å². The Balaban J connectivity index is 2.22. The Kier molecular flexibility index (Phi) is 4.55. The summed E-state index contributed by atoms with van der Waals surface area (Å²) in [6, 6.07) is 13.3. The van der Waals surface area contributed by atoms with Gasteiger partial charge in [0.2, 0.25) is 5.91 Å². The molecule has 0 heterocycles. The summed E-state index contributed by atoms with van der Waals surface area (Å²) in [6.45, 7) is 1.74. The number of nitrogens with zero attached hydrogens (tertiary/aromatic N) is 1. The van der Waals surface area contributed by atoms with Crippen molar-refractivity contribution in [2.45, 2.75) is 12.8 Å². The van der Waals surface area contributed by atoms with Gasteiger partial charge in [0.05, 0.1) is 10.8 Å². The Morgan fingerprint density at radius 1 is 1.24 bits per heavy atom. The number of nitro benzene ring substituents is 1. The van der Waals surface area contributed by atoms with Crippen LogP contribution in [0.3, 0.4) is 0 Å². The van der Waals surface area contributed by atoms with Crippen LogP contribution in [-0.4, -0.2) is 10.8 Å². The molecule has 0 aliphatic carbocycles. The van der Waals surface area contributed by atoms with Crippen molar-refractivity contribution in [1.82, 2.24) is 0 Å². The summed E-state index contributed by atoms with van der Waals surface area (Å²) in [4.78, 5) is 22.6. The van der Waals surface area contributed by atoms with Crippen molar-refractivity contribution >= 4 is 28.9 Å². The molecule has 0 aromatic heterocycles. The first-order chi connectivity index (χ1) is 9.99. The van der Waals surface area contributed by atoms with Gasteiger partial charge in [0, 0.05) is 11.1 Å². The minimum Gasteiger partial charge on any atom is -0.320 e. The van der Waals surface area contributed by atoms with E-state index in [1.807, 2.05) is 30.3 Å². The summed E-state index contributed by atoms with van der Waals surface area (Å²) in [5.41, 5.74) is 0.750. The summed E-state index contributed by atoms with van der Waals surface area (Å²) < 4.78 is 0. The van der Waals surface area contributed by atoms with Crippen LogP contribution in [0.1, 0.15) is 18.4 Å². The maximum atomic E-state index is 12.2. The average Bonchev–Trinajstić information content (AvgIpc) is 2.49. The van der Waals surface area contributed by atoms with Crippen molar-refractivity contribution in [3.8, 4) is 0 Å². The summed E-state index contributed by atoms with van der Waals surface area (Å²) >= 11 is 5.74. The topological polar surface area (TPSA) is 72.2 Å². The van der Waals surface area contributed by atoms with Crippen LogP contribution in [0.25, 0.3) is 0 Å². The molecule has 0 saturated carbocycles. The van der Waals surface area contributed by atoms with Gasteiger partial charge in [0.15, 0.2) is 0 Å². The van der Waals surface area contributed by atoms with Gasteiger partial charge in [-0.05, 0) is 24.6 Å². The lowest BCUT2D eigenvalue weighted by Gasteiger charge is -2.12. The molecule has 2 rings (SSSR count). The molecule has 6 heteroatoms. The quantitative estimate of drug-likeness (QED) is 0.685. The molecule has 0 aliphatic heterocycles. The van der Waals surface area contributed by atoms with E-state index in [0.29, 0.717) is 0 Å². The fourth-order valence-corrected chi connectivity index (χ4v) is 2.06. The van der Waals surface area contributed by atoms with Gasteiger partial charge in [0.25, 0.3) is 5.69 Å². The first-order valence-electron chi connectivity index (χ1n) is 6.29. The zero-order valence-corrected chi connectivity index (χ0v) is 12.0. The largest absolute Gasteiger partial charge is 0.320 e. The number of anilines is 1. The number of carbonyl (C=O) groups excluding carboxylic acids is 1. The monoisotopic (exact) mass is 304 g/mol. The number of nitro groups is 1. The van der Waals surface area contributed by atoms with Gasteiger partial charge in [-0.2, -0.15) is 0 Å². The molecule has 1 amide bonds. The minimum absolute atomic E-state index is 0.136. The fourth-order valence-electron chi connectivity index (χ4n) is 1.90. The van der Waals surface area contributed by atoms with E-state index in [9.17, 15) is 14.9 Å². The Hall–Kier alpha value is -2.40. The van der Waals surface area contributed by atoms with E-state index in [1.165, 1.54) is 18.2 Å². The Bertz CT molecular complexity index is 674. The van der Waals surface area contributed by atoms with Crippen molar-refractivity contribution in [1.29, 1.82) is 0 Å². The van der Waals surface area contributed by atoms with E-state index >= 15 is 0 Å². The van der Waals surface area contributed by atoms with E-state index in [0.717, 1.165) is 5.56 Å². The van der Waals surface area contributed by atoms with Crippen LogP contribution in [0.5, 0.6) is 0 Å². The molecule has 108 valence electrons. The molecule has 0 fully saturated rings. The smallest absolute Gasteiger partial charge is 0.294 e. The fraction of sp³-hybridized carbons (Fsp3) is 0.133. The van der Waals surface area contributed by atoms with Crippen molar-refractivity contribution in [3.05, 3.63) is 69.2 Å². The van der Waals surface area contributed by atoms with Gasteiger partial charge < -0.3 is 5.32 Å². The Labute approximate surface area is 126 Å². The molecule has 5 nitrogen and oxygen atoms in total. The number of benzene rings is 2. The van der Waals surface area contributed by atoms with Gasteiger partial charge in [-0.15, -0.1) is 0 Å². The van der Waals surface area contributed by atoms with Crippen LogP contribution >= 0.6 is 11.6 Å². The number of halogens is 1. The van der Waals surface area contributed by atoms with Crippen LogP contribution < -0.4 is 5.32 Å². The second kappa shape index (κ2) is 6.37. The highest BCUT2D eigenvalue weighted by Gasteiger charge is 2.20. The van der Waals surface area contributed by atoms with Gasteiger partial charge in [-0.1, -0.05) is 41.9 Å². The van der Waals surface area contributed by atoms with E-state index in [4.69, 9.17) is 11.6 Å². The molecule has 0 aliphatic rings. The molecule has 21 heavy (non-hydrogen) atoms. The zero-order valence-electron chi connectivity index (χ0n) is 11.2. The highest BCUT2D eigenvalue weighted by molar-refractivity contribution is 6.31. The zero-order chi connectivity index (χ0) is 15.4. The summed E-state index contributed by atoms with van der Waals surface area (Å²) in [5, 5.41) is 13.8. The molecule has 0 unspecified atom stereocenters. The second-order valence-corrected chi connectivity index (χ2v) is 4.98. The molecule has 0 saturated heterocycles. The van der Waals surface area contributed by atoms with Crippen LogP contribution in [0.4, 0.5) is 11.4 Å². The van der Waals surface area contributed by atoms with E-state index in [-0.39, 0.29) is 22.3 Å². The van der Waals surface area contributed by atoms with E-state index < -0.39 is 10.8 Å². The number of rotatable bonds is 4. The molecule has 1 atom stereocenters. The molecule has 0 bridgehead atoms. The predicted octanol–water partition coefficient (Wildman–Crippen LogP) is 3.99. The molecular formula is C15H13ClN2O3. The molecule has 0 radical (unpaired) electrons. The first kappa shape index (κ1) is 15.0. The van der Waals surface area contributed by atoms with E-state index in [1.54, 1.807) is 6.92 Å². The average molecular weight is 305 g/mol. The maximum absolute atomic E-state index is 12.2. The third kappa shape index (κ3) is 3.58. The minimum atomic E-state index is -0.575. The van der Waals surface area contributed by atoms with Crippen LogP contribution in [0.15, 0.2) is 48.5 Å². The molecule has 2 aromatic rings. The Morgan fingerprint density at radius 3 is 2.52 bits per heavy atom. The number of hydrogen-bond acceptors (Lipinski definition) is 3. The molecule has 2 aromatic carbocycles. The third-order valence-corrected chi connectivity index (χ3v) is 3.34. The van der Waals surface area contributed by atoms with Crippen LogP contribution in [0.2, 0.25) is 5.02 Å². The third-order valence-electron chi connectivity index (χ3n) is 3.11. The lowest BCUT2D eigenvalue weighted by atomic mass is 10.0. The van der Waals surface area contributed by atoms with Gasteiger partial charge >= 0.3 is 0 Å². The van der Waals surface area contributed by atoms with E-state index in [2.05, 4.69) is 5.32 Å². The second-order valence-electron chi connectivity index (χ2n) is 4.54. The molecule has 1 N–H and O–H groups in total. The summed E-state index contributed by atoms with van der Waals surface area (Å²) in [5.74, 6) is -0.729. The SMILES string of the molecule is C[C@H](C(=O)Nc1ccc(Cl)cc1[N+](=O)[O-])c1ccccc1. The highest BCUT2D eigenvalue weighted by atomic mass is 35.5. The lowest BCUT2D eigenvalue weighted by Crippen LogP contribution is -2.19. The normalized spacial score (nSPS) is 11.7. The van der Waals surface area contributed by atoms with Crippen LogP contribution in [0, 0.1) is 10.1 Å². The van der Waals surface area contributed by atoms with Crippen molar-refractivity contribution in [2.24, 2.45) is 0 Å². The highest BCUT2D eigenvalue weighted by Crippen LogP contribution is 2.29. The molecule has 0 spiro atoms. The van der Waals surface area contributed by atoms with Crippen molar-refractivity contribution in [2.75, 3.05) is 5.32 Å². The first-order valence-corrected chi connectivity index (χ1v) is 6.66. The number of hydrogen-bond donors (Lipinski definition) is 1. The lowest BCUT2D eigenvalue weighted by molar-refractivity contribution is -0.383. The Morgan fingerprint density at radius 2 is 1.90 bits per heavy atom. The van der Waals surface area contributed by atoms with Gasteiger partial charge in [0.1, 0.15) is 5.69 Å². The van der Waals surface area contributed by atoms with Crippen molar-refractivity contribution in [3.63, 3.8) is 0 Å². The van der Waals surface area contributed by atoms with Crippen molar-refractivity contribution < 1.29 is 9.72 Å². The van der Waals surface area contributed by atoms with Gasteiger partial charge in [-0.3, -0.25) is 14.9 Å². The summed E-state index contributed by atoms with van der Waals surface area (Å²) in [7, 11) is 0. The predicted molar refractivity (Wildman–Crippen MR) is 81.6 cm³/mol. The number of carbonyl (C=O) groups is 1. The maximum Gasteiger partial charge on any atom is 0.294 e. The summed E-state index contributed by atoms with van der Waals surface area (Å²) in [6.07, 6.45) is 0. The molecular weight excluding hydrogens is 292 g/mol. The van der Waals surface area contributed by atoms with Gasteiger partial charge in [-0.25, -0.2) is 0 Å². The number of amides is 1. The number of nitrogens with one attached hydrogen (secondary N) is 1. The standard InChI is InChI=1S/C15H13ClN2O3/c1-10(11-5-3-2-4-6-11)15(19)17-13-8-7-12(16)9-14(13)18(20)21/h2-10H,1H3,(H,17,19)/t10-/m0/s1.